The van der Waals surface area contributed by atoms with Gasteiger partial charge < -0.3 is 9.84 Å². The molecule has 1 aliphatic carbocycles. The third-order valence-electron chi connectivity index (χ3n) is 3.37. The van der Waals surface area contributed by atoms with E-state index in [1.807, 2.05) is 0 Å². The van der Waals surface area contributed by atoms with Crippen LogP contribution in [0.25, 0.3) is 0 Å². The number of methoxy groups -OCH3 is 1. The monoisotopic (exact) mass is 225 g/mol. The Hall–Kier alpha value is -1.00. The van der Waals surface area contributed by atoms with E-state index in [1.165, 1.54) is 6.20 Å². The third-order valence-corrected chi connectivity index (χ3v) is 3.37. The number of ether oxygens (including phenoxy) is 1. The molecular formula is C12H16FNO2. The minimum absolute atomic E-state index is 0.185. The summed E-state index contributed by atoms with van der Waals surface area (Å²) in [5, 5.41) is 10.4. The van der Waals surface area contributed by atoms with Crippen molar-refractivity contribution >= 4 is 0 Å². The standard InChI is InChI=1S/C12H16FNO2/c1-16-9-2-5-12(15,6-3-9)10-4-7-14-8-11(10)13/h4,7-9,15H,2-3,5-6H2,1H3. The first-order valence-electron chi connectivity index (χ1n) is 5.51. The van der Waals surface area contributed by atoms with Crippen LogP contribution in [0, 0.1) is 5.82 Å². The van der Waals surface area contributed by atoms with Gasteiger partial charge in [0.1, 0.15) is 5.82 Å². The third kappa shape index (κ3) is 2.08. The fourth-order valence-electron chi connectivity index (χ4n) is 2.33. The molecule has 0 amide bonds. The lowest BCUT2D eigenvalue weighted by molar-refractivity contribution is -0.0494. The Kier molecular flexibility index (Phi) is 3.21. The van der Waals surface area contributed by atoms with E-state index in [0.717, 1.165) is 19.0 Å². The van der Waals surface area contributed by atoms with Gasteiger partial charge in [0, 0.05) is 18.9 Å². The van der Waals surface area contributed by atoms with E-state index in [0.29, 0.717) is 18.4 Å². The molecule has 1 aliphatic rings. The molecule has 0 atom stereocenters. The van der Waals surface area contributed by atoms with Crippen LogP contribution in [-0.4, -0.2) is 23.3 Å². The molecule has 88 valence electrons. The van der Waals surface area contributed by atoms with Crippen LogP contribution in [0.5, 0.6) is 0 Å². The zero-order valence-electron chi connectivity index (χ0n) is 9.32. The van der Waals surface area contributed by atoms with Gasteiger partial charge >= 0.3 is 0 Å². The molecule has 0 spiro atoms. The normalized spacial score (nSPS) is 30.3. The highest BCUT2D eigenvalue weighted by atomic mass is 19.1. The molecule has 3 nitrogen and oxygen atoms in total. The number of hydrogen-bond acceptors (Lipinski definition) is 3. The summed E-state index contributed by atoms with van der Waals surface area (Å²) in [6.07, 6.45) is 5.43. The quantitative estimate of drug-likeness (QED) is 0.837. The first kappa shape index (κ1) is 11.5. The first-order valence-corrected chi connectivity index (χ1v) is 5.51. The van der Waals surface area contributed by atoms with Crippen molar-refractivity contribution in [1.29, 1.82) is 0 Å². The zero-order chi connectivity index (χ0) is 11.6. The van der Waals surface area contributed by atoms with Gasteiger partial charge in [-0.3, -0.25) is 4.98 Å². The van der Waals surface area contributed by atoms with Gasteiger partial charge in [-0.05, 0) is 31.7 Å². The lowest BCUT2D eigenvalue weighted by Gasteiger charge is -2.35. The van der Waals surface area contributed by atoms with E-state index in [4.69, 9.17) is 4.74 Å². The summed E-state index contributed by atoms with van der Waals surface area (Å²) in [6.45, 7) is 0. The van der Waals surface area contributed by atoms with Gasteiger partial charge in [0.25, 0.3) is 0 Å². The summed E-state index contributed by atoms with van der Waals surface area (Å²) in [5.74, 6) is -0.430. The molecule has 16 heavy (non-hydrogen) atoms. The molecule has 0 saturated heterocycles. The molecular weight excluding hydrogens is 209 g/mol. The molecule has 4 heteroatoms. The molecule has 2 rings (SSSR count). The SMILES string of the molecule is COC1CCC(O)(c2ccncc2F)CC1. The van der Waals surface area contributed by atoms with E-state index in [1.54, 1.807) is 13.2 Å². The fourth-order valence-corrected chi connectivity index (χ4v) is 2.33. The van der Waals surface area contributed by atoms with Crippen LogP contribution in [0.15, 0.2) is 18.5 Å². The van der Waals surface area contributed by atoms with Gasteiger partial charge in [0.15, 0.2) is 0 Å². The van der Waals surface area contributed by atoms with Crippen LogP contribution >= 0.6 is 0 Å². The lowest BCUT2D eigenvalue weighted by Crippen LogP contribution is -2.34. The topological polar surface area (TPSA) is 42.4 Å². The number of halogens is 1. The molecule has 1 saturated carbocycles. The average molecular weight is 225 g/mol. The maximum Gasteiger partial charge on any atom is 0.147 e. The second-order valence-electron chi connectivity index (χ2n) is 4.32. The Morgan fingerprint density at radius 1 is 1.50 bits per heavy atom. The Bertz CT molecular complexity index is 362. The Morgan fingerprint density at radius 3 is 2.75 bits per heavy atom. The Morgan fingerprint density at radius 2 is 2.19 bits per heavy atom. The highest BCUT2D eigenvalue weighted by Gasteiger charge is 2.36. The number of rotatable bonds is 2. The van der Waals surface area contributed by atoms with Gasteiger partial charge in [0.2, 0.25) is 0 Å². The van der Waals surface area contributed by atoms with Crippen molar-refractivity contribution in [2.75, 3.05) is 7.11 Å². The molecule has 0 unspecified atom stereocenters. The summed E-state index contributed by atoms with van der Waals surface area (Å²) in [6, 6.07) is 1.56. The maximum atomic E-state index is 13.5. The predicted octanol–water partition coefficient (Wildman–Crippen LogP) is 2.00. The van der Waals surface area contributed by atoms with E-state index in [9.17, 15) is 9.50 Å². The minimum atomic E-state index is -1.05. The number of hydrogen-bond donors (Lipinski definition) is 1. The van der Waals surface area contributed by atoms with Crippen molar-refractivity contribution in [3.05, 3.63) is 29.8 Å². The second kappa shape index (κ2) is 4.47. The van der Waals surface area contributed by atoms with Crippen molar-refractivity contribution in [3.63, 3.8) is 0 Å². The van der Waals surface area contributed by atoms with E-state index in [-0.39, 0.29) is 6.10 Å². The Balaban J connectivity index is 2.18. The molecule has 0 aromatic carbocycles. The summed E-state index contributed by atoms with van der Waals surface area (Å²) < 4.78 is 18.8. The van der Waals surface area contributed by atoms with Gasteiger partial charge in [-0.1, -0.05) is 0 Å². The fraction of sp³-hybridized carbons (Fsp3) is 0.583. The van der Waals surface area contributed by atoms with Crippen molar-refractivity contribution in [2.45, 2.75) is 37.4 Å². The molecule has 0 bridgehead atoms. The molecule has 1 aromatic heterocycles. The maximum absolute atomic E-state index is 13.5. The number of pyridine rings is 1. The summed E-state index contributed by atoms with van der Waals surface area (Å²) >= 11 is 0. The average Bonchev–Trinajstić information content (AvgIpc) is 2.30. The summed E-state index contributed by atoms with van der Waals surface area (Å²) in [7, 11) is 1.67. The highest BCUT2D eigenvalue weighted by molar-refractivity contribution is 5.21. The number of nitrogens with zero attached hydrogens (tertiary/aromatic N) is 1. The van der Waals surface area contributed by atoms with E-state index >= 15 is 0 Å². The van der Waals surface area contributed by atoms with Crippen LogP contribution < -0.4 is 0 Å². The predicted molar refractivity (Wildman–Crippen MR) is 57.4 cm³/mol. The molecule has 1 N–H and O–H groups in total. The molecule has 0 aliphatic heterocycles. The van der Waals surface area contributed by atoms with Crippen molar-refractivity contribution < 1.29 is 14.2 Å². The lowest BCUT2D eigenvalue weighted by atomic mass is 9.78. The number of aromatic nitrogens is 1. The molecule has 0 radical (unpaired) electrons. The second-order valence-corrected chi connectivity index (χ2v) is 4.32. The molecule has 1 fully saturated rings. The Labute approximate surface area is 94.3 Å². The van der Waals surface area contributed by atoms with Crippen molar-refractivity contribution in [1.82, 2.24) is 4.98 Å². The largest absolute Gasteiger partial charge is 0.385 e. The van der Waals surface area contributed by atoms with E-state index in [2.05, 4.69) is 4.98 Å². The molecule has 1 heterocycles. The van der Waals surface area contributed by atoms with Crippen LogP contribution in [0.1, 0.15) is 31.2 Å². The first-order chi connectivity index (χ1) is 7.65. The summed E-state index contributed by atoms with van der Waals surface area (Å²) in [4.78, 5) is 3.69. The van der Waals surface area contributed by atoms with Crippen LogP contribution in [-0.2, 0) is 10.3 Å². The van der Waals surface area contributed by atoms with Crippen LogP contribution in [0.3, 0.4) is 0 Å². The van der Waals surface area contributed by atoms with Gasteiger partial charge in [-0.2, -0.15) is 0 Å². The van der Waals surface area contributed by atoms with Gasteiger partial charge in [-0.15, -0.1) is 0 Å². The van der Waals surface area contributed by atoms with Crippen molar-refractivity contribution in [3.8, 4) is 0 Å². The number of aliphatic hydroxyl groups is 1. The highest BCUT2D eigenvalue weighted by Crippen LogP contribution is 2.38. The van der Waals surface area contributed by atoms with Crippen LogP contribution in [0.4, 0.5) is 4.39 Å². The smallest absolute Gasteiger partial charge is 0.147 e. The minimum Gasteiger partial charge on any atom is -0.385 e. The van der Waals surface area contributed by atoms with Crippen molar-refractivity contribution in [2.24, 2.45) is 0 Å². The van der Waals surface area contributed by atoms with Gasteiger partial charge in [-0.25, -0.2) is 4.39 Å². The van der Waals surface area contributed by atoms with E-state index < -0.39 is 11.4 Å². The zero-order valence-corrected chi connectivity index (χ0v) is 9.32. The van der Waals surface area contributed by atoms with Crippen LogP contribution in [0.2, 0.25) is 0 Å². The van der Waals surface area contributed by atoms with Gasteiger partial charge in [0.05, 0.1) is 17.9 Å². The molecule has 1 aromatic rings. The summed E-state index contributed by atoms with van der Waals surface area (Å²) in [5.41, 5.74) is -0.695.